The highest BCUT2D eigenvalue weighted by Crippen LogP contribution is 2.30. The van der Waals surface area contributed by atoms with Crippen LogP contribution in [0.25, 0.3) is 0 Å². The molecule has 1 aromatic carbocycles. The molecule has 0 bridgehead atoms. The van der Waals surface area contributed by atoms with Gasteiger partial charge in [0.05, 0.1) is 17.3 Å². The van der Waals surface area contributed by atoms with Crippen molar-refractivity contribution >= 4 is 5.91 Å². The average molecular weight is 343 g/mol. The van der Waals surface area contributed by atoms with Crippen LogP contribution in [0.1, 0.15) is 40.5 Å². The van der Waals surface area contributed by atoms with Gasteiger partial charge in [0.15, 0.2) is 0 Å². The van der Waals surface area contributed by atoms with Gasteiger partial charge in [-0.05, 0) is 25.5 Å². The highest BCUT2D eigenvalue weighted by Gasteiger charge is 2.31. The summed E-state index contributed by atoms with van der Waals surface area (Å²) in [4.78, 5) is 12.1. The minimum Gasteiger partial charge on any atom is -0.348 e. The molecule has 0 unspecified atom stereocenters. The fourth-order valence-corrected chi connectivity index (χ4v) is 2.24. The number of hydrogen-bond acceptors (Lipinski definition) is 2. The second-order valence-electron chi connectivity index (χ2n) is 5.35. The zero-order valence-electron chi connectivity index (χ0n) is 13.2. The van der Waals surface area contributed by atoms with Crippen molar-refractivity contribution in [3.05, 3.63) is 52.6 Å². The lowest BCUT2D eigenvalue weighted by molar-refractivity contribution is -0.137. The third kappa shape index (κ3) is 3.93. The Labute approximate surface area is 136 Å². The molecule has 0 saturated heterocycles. The molecule has 1 N–H and O–H groups in total. The van der Waals surface area contributed by atoms with Gasteiger partial charge in [-0.25, -0.2) is 4.39 Å². The zero-order chi connectivity index (χ0) is 17.9. The van der Waals surface area contributed by atoms with Gasteiger partial charge in [-0.3, -0.25) is 9.48 Å². The van der Waals surface area contributed by atoms with Crippen LogP contribution in [-0.4, -0.2) is 15.7 Å². The molecule has 130 valence electrons. The van der Waals surface area contributed by atoms with Crippen LogP contribution >= 0.6 is 0 Å². The van der Waals surface area contributed by atoms with E-state index in [1.54, 1.807) is 11.6 Å². The third-order valence-electron chi connectivity index (χ3n) is 3.60. The van der Waals surface area contributed by atoms with Gasteiger partial charge in [-0.15, -0.1) is 0 Å². The van der Waals surface area contributed by atoms with Crippen LogP contribution in [-0.2, 0) is 19.3 Å². The lowest BCUT2D eigenvalue weighted by atomic mass is 10.1. The Morgan fingerprint density at radius 1 is 1.33 bits per heavy atom. The number of carbonyl (C=O) groups excluding carboxylic acids is 1. The molecule has 0 aliphatic carbocycles. The Balaban J connectivity index is 2.07. The smallest absolute Gasteiger partial charge is 0.348 e. The van der Waals surface area contributed by atoms with E-state index < -0.39 is 23.5 Å². The summed E-state index contributed by atoms with van der Waals surface area (Å²) in [5.74, 6) is -1.46. The maximum atomic E-state index is 13.7. The summed E-state index contributed by atoms with van der Waals surface area (Å²) in [6, 6.07) is 2.23. The van der Waals surface area contributed by atoms with Gasteiger partial charge >= 0.3 is 6.18 Å². The van der Waals surface area contributed by atoms with E-state index in [9.17, 15) is 22.4 Å². The van der Waals surface area contributed by atoms with Gasteiger partial charge in [0, 0.05) is 24.3 Å². The molecule has 0 fully saturated rings. The first kappa shape index (κ1) is 18.0. The van der Waals surface area contributed by atoms with Gasteiger partial charge in [-0.1, -0.05) is 13.0 Å². The fraction of sp³-hybridized carbons (Fsp3) is 0.375. The lowest BCUT2D eigenvalue weighted by Gasteiger charge is -2.10. The van der Waals surface area contributed by atoms with Gasteiger partial charge in [0.1, 0.15) is 5.82 Å². The topological polar surface area (TPSA) is 46.9 Å². The normalized spacial score (nSPS) is 11.6. The van der Waals surface area contributed by atoms with Crippen LogP contribution in [0.3, 0.4) is 0 Å². The van der Waals surface area contributed by atoms with Crippen molar-refractivity contribution in [1.29, 1.82) is 0 Å². The molecule has 0 aliphatic rings. The molecule has 1 aromatic heterocycles. The Bertz CT molecular complexity index is 737. The van der Waals surface area contributed by atoms with Crippen molar-refractivity contribution in [2.75, 3.05) is 0 Å². The molecule has 8 heteroatoms. The minimum absolute atomic E-state index is 0.0186. The van der Waals surface area contributed by atoms with Crippen LogP contribution in [0.2, 0.25) is 0 Å². The van der Waals surface area contributed by atoms with Crippen molar-refractivity contribution in [2.45, 2.75) is 39.5 Å². The molecule has 0 aliphatic heterocycles. The number of halogens is 4. The number of amides is 1. The highest BCUT2D eigenvalue weighted by atomic mass is 19.4. The number of nitrogens with one attached hydrogen (secondary N) is 1. The number of nitrogens with zero attached hydrogens (tertiary/aromatic N) is 2. The third-order valence-corrected chi connectivity index (χ3v) is 3.60. The molecule has 0 radical (unpaired) electrons. The standard InChI is InChI=1S/C16H17F4N3O/c1-3-6-23-10(2)13(9-22-23)15(24)21-8-11-4-5-12(7-14(11)17)16(18,19)20/h4-5,7,9H,3,6,8H2,1-2H3,(H,21,24). The first-order chi connectivity index (χ1) is 11.2. The van der Waals surface area contributed by atoms with Crippen molar-refractivity contribution in [3.63, 3.8) is 0 Å². The molecular weight excluding hydrogens is 326 g/mol. The molecule has 2 rings (SSSR count). The first-order valence-corrected chi connectivity index (χ1v) is 7.40. The largest absolute Gasteiger partial charge is 0.416 e. The SMILES string of the molecule is CCCn1ncc(C(=O)NCc2ccc(C(F)(F)F)cc2F)c1C. The van der Waals surface area contributed by atoms with Gasteiger partial charge < -0.3 is 5.32 Å². The molecule has 1 amide bonds. The number of benzene rings is 1. The van der Waals surface area contributed by atoms with Gasteiger partial charge in [0.2, 0.25) is 0 Å². The van der Waals surface area contributed by atoms with Crippen molar-refractivity contribution < 1.29 is 22.4 Å². The zero-order valence-corrected chi connectivity index (χ0v) is 13.2. The number of rotatable bonds is 5. The maximum absolute atomic E-state index is 13.7. The second kappa shape index (κ2) is 7.02. The molecule has 0 atom stereocenters. The van der Waals surface area contributed by atoms with E-state index in [4.69, 9.17) is 0 Å². The highest BCUT2D eigenvalue weighted by molar-refractivity contribution is 5.94. The minimum atomic E-state index is -4.60. The van der Waals surface area contributed by atoms with E-state index in [1.165, 1.54) is 6.20 Å². The van der Waals surface area contributed by atoms with E-state index in [1.807, 2.05) is 6.92 Å². The van der Waals surface area contributed by atoms with Crippen LogP contribution in [0.5, 0.6) is 0 Å². The Kier molecular flexibility index (Phi) is 5.26. The van der Waals surface area contributed by atoms with Crippen LogP contribution in [0.15, 0.2) is 24.4 Å². The van der Waals surface area contributed by atoms with Crippen LogP contribution < -0.4 is 5.32 Å². The van der Waals surface area contributed by atoms with E-state index in [0.29, 0.717) is 23.9 Å². The summed E-state index contributed by atoms with van der Waals surface area (Å²) < 4.78 is 52.9. The number of aromatic nitrogens is 2. The van der Waals surface area contributed by atoms with Crippen LogP contribution in [0.4, 0.5) is 17.6 Å². The molecule has 0 saturated carbocycles. The predicted molar refractivity (Wildman–Crippen MR) is 79.8 cm³/mol. The quantitative estimate of drug-likeness (QED) is 0.842. The summed E-state index contributed by atoms with van der Waals surface area (Å²) in [5, 5.41) is 6.59. The Morgan fingerprint density at radius 3 is 2.62 bits per heavy atom. The summed E-state index contributed by atoms with van der Waals surface area (Å²) >= 11 is 0. The van der Waals surface area contributed by atoms with E-state index in [-0.39, 0.29) is 12.1 Å². The van der Waals surface area contributed by atoms with Crippen LogP contribution in [0, 0.1) is 12.7 Å². The number of alkyl halides is 3. The van der Waals surface area contributed by atoms with E-state index >= 15 is 0 Å². The average Bonchev–Trinajstić information content (AvgIpc) is 2.86. The number of aryl methyl sites for hydroxylation is 1. The monoisotopic (exact) mass is 343 g/mol. The van der Waals surface area contributed by atoms with Crippen molar-refractivity contribution in [2.24, 2.45) is 0 Å². The molecule has 4 nitrogen and oxygen atoms in total. The molecule has 1 heterocycles. The summed E-state index contributed by atoms with van der Waals surface area (Å²) in [6.07, 6.45) is -2.32. The molecular formula is C16H17F4N3O. The molecule has 2 aromatic rings. The molecule has 0 spiro atoms. The summed E-state index contributed by atoms with van der Waals surface area (Å²) in [5.41, 5.74) is -0.0419. The van der Waals surface area contributed by atoms with E-state index in [2.05, 4.69) is 10.4 Å². The number of carbonyl (C=O) groups is 1. The second-order valence-corrected chi connectivity index (χ2v) is 5.35. The Hall–Kier alpha value is -2.38. The molecule has 24 heavy (non-hydrogen) atoms. The maximum Gasteiger partial charge on any atom is 0.416 e. The van der Waals surface area contributed by atoms with Gasteiger partial charge in [0.25, 0.3) is 5.91 Å². The van der Waals surface area contributed by atoms with Gasteiger partial charge in [-0.2, -0.15) is 18.3 Å². The predicted octanol–water partition coefficient (Wildman–Crippen LogP) is 3.69. The fourth-order valence-electron chi connectivity index (χ4n) is 2.24. The first-order valence-electron chi connectivity index (χ1n) is 7.40. The summed E-state index contributed by atoms with van der Waals surface area (Å²) in [6.45, 7) is 4.19. The van der Waals surface area contributed by atoms with Crippen molar-refractivity contribution in [1.82, 2.24) is 15.1 Å². The van der Waals surface area contributed by atoms with Crippen molar-refractivity contribution in [3.8, 4) is 0 Å². The Morgan fingerprint density at radius 2 is 2.04 bits per heavy atom. The lowest BCUT2D eigenvalue weighted by Crippen LogP contribution is -2.24. The van der Waals surface area contributed by atoms with E-state index in [0.717, 1.165) is 18.6 Å². The summed E-state index contributed by atoms with van der Waals surface area (Å²) in [7, 11) is 0. The number of hydrogen-bond donors (Lipinski definition) is 1.